The normalized spacial score (nSPS) is 28.2. The van der Waals surface area contributed by atoms with Crippen molar-refractivity contribution in [1.29, 1.82) is 5.26 Å². The van der Waals surface area contributed by atoms with Gasteiger partial charge in [0.1, 0.15) is 23.4 Å². The van der Waals surface area contributed by atoms with Crippen LogP contribution in [0.2, 0.25) is 0 Å². The molecule has 1 aliphatic heterocycles. The fourth-order valence-corrected chi connectivity index (χ4v) is 6.55. The lowest BCUT2D eigenvalue weighted by Crippen LogP contribution is -2.46. The predicted octanol–water partition coefficient (Wildman–Crippen LogP) is 3.02. The van der Waals surface area contributed by atoms with E-state index >= 15 is 0 Å². The molecule has 160 valence electrons. The zero-order chi connectivity index (χ0) is 20.5. The largest absolute Gasteiger partial charge is 0.474 e. The van der Waals surface area contributed by atoms with Gasteiger partial charge in [0.15, 0.2) is 0 Å². The molecule has 2 fully saturated rings. The van der Waals surface area contributed by atoms with Gasteiger partial charge in [0.25, 0.3) is 0 Å². The first-order chi connectivity index (χ1) is 14.7. The second-order valence-corrected chi connectivity index (χ2v) is 9.69. The average molecular weight is 429 g/mol. The molecule has 2 aromatic heterocycles. The van der Waals surface area contributed by atoms with Crippen molar-refractivity contribution in [2.24, 2.45) is 0 Å². The van der Waals surface area contributed by atoms with Gasteiger partial charge < -0.3 is 14.6 Å². The Balaban J connectivity index is 1.31. The smallest absolute Gasteiger partial charge is 0.225 e. The van der Waals surface area contributed by atoms with Crippen LogP contribution < -0.4 is 4.74 Å². The summed E-state index contributed by atoms with van der Waals surface area (Å²) in [6.07, 6.45) is 7.64. The minimum absolute atomic E-state index is 0.175. The number of hydrogen-bond donors (Lipinski definition) is 1. The Morgan fingerprint density at radius 2 is 2.03 bits per heavy atom. The second kappa shape index (κ2) is 8.75. The summed E-state index contributed by atoms with van der Waals surface area (Å²) in [5.74, 6) is 0.861. The first-order valence-electron chi connectivity index (χ1n) is 11.1. The number of morpholine rings is 1. The van der Waals surface area contributed by atoms with E-state index in [2.05, 4.69) is 14.9 Å². The molecule has 0 radical (unpaired) electrons. The molecule has 1 unspecified atom stereocenters. The van der Waals surface area contributed by atoms with Crippen LogP contribution in [0, 0.1) is 11.3 Å². The lowest BCUT2D eigenvalue weighted by molar-refractivity contribution is -0.00126. The third-order valence-electron chi connectivity index (χ3n) is 6.84. The van der Waals surface area contributed by atoms with Crippen LogP contribution in [-0.4, -0.2) is 64.5 Å². The van der Waals surface area contributed by atoms with Crippen LogP contribution >= 0.6 is 11.3 Å². The number of nitrogens with zero attached hydrogens (tertiary/aromatic N) is 4. The summed E-state index contributed by atoms with van der Waals surface area (Å²) in [6.45, 7) is 3.78. The van der Waals surface area contributed by atoms with Gasteiger partial charge in [-0.05, 0) is 56.4 Å². The molecule has 0 bridgehead atoms. The molecule has 1 saturated heterocycles. The van der Waals surface area contributed by atoms with Crippen molar-refractivity contribution in [3.05, 3.63) is 16.8 Å². The Kier molecular flexibility index (Phi) is 5.87. The molecule has 8 heteroatoms. The predicted molar refractivity (Wildman–Crippen MR) is 114 cm³/mol. The summed E-state index contributed by atoms with van der Waals surface area (Å²) in [4.78, 5) is 13.8. The molecule has 1 N–H and O–H groups in total. The van der Waals surface area contributed by atoms with E-state index in [0.717, 1.165) is 75.0 Å². The molecule has 3 heterocycles. The van der Waals surface area contributed by atoms with Gasteiger partial charge in [-0.3, -0.25) is 4.90 Å². The number of nitriles is 1. The standard InChI is InChI=1S/C22H28N4O3S/c23-12-16(27)11-14-1-6-18-19(14)20-21(24-13-25-22(20)30-18)29-17-4-2-15(3-5-17)26-7-9-28-10-8-26/h13-17,27H,1-11H2/t14-,15-,16?,17-/m1/s1. The van der Waals surface area contributed by atoms with Crippen molar-refractivity contribution in [2.45, 2.75) is 69.1 Å². The van der Waals surface area contributed by atoms with Gasteiger partial charge in [-0.2, -0.15) is 5.26 Å². The Morgan fingerprint density at radius 1 is 1.23 bits per heavy atom. The summed E-state index contributed by atoms with van der Waals surface area (Å²) in [5, 5.41) is 19.9. The number of rotatable bonds is 5. The maximum Gasteiger partial charge on any atom is 0.225 e. The highest BCUT2D eigenvalue weighted by molar-refractivity contribution is 7.19. The maximum atomic E-state index is 9.88. The number of aryl methyl sites for hydroxylation is 1. The van der Waals surface area contributed by atoms with E-state index < -0.39 is 6.10 Å². The van der Waals surface area contributed by atoms with Crippen LogP contribution in [0.1, 0.15) is 54.9 Å². The highest BCUT2D eigenvalue weighted by atomic mass is 32.1. The van der Waals surface area contributed by atoms with E-state index in [1.807, 2.05) is 6.07 Å². The number of aliphatic hydroxyl groups is 1. The van der Waals surface area contributed by atoms with E-state index in [1.54, 1.807) is 17.7 Å². The average Bonchev–Trinajstić information content (AvgIpc) is 3.35. The molecular formula is C22H28N4O3S. The maximum absolute atomic E-state index is 9.88. The van der Waals surface area contributed by atoms with Crippen LogP contribution in [0.15, 0.2) is 6.33 Å². The summed E-state index contributed by atoms with van der Waals surface area (Å²) in [6, 6.07) is 2.60. The van der Waals surface area contributed by atoms with Gasteiger partial charge in [0.2, 0.25) is 5.88 Å². The molecule has 0 spiro atoms. The molecule has 7 nitrogen and oxygen atoms in total. The SMILES string of the molecule is N#CC(O)C[C@H]1CCc2sc3ncnc(O[C@H]4CC[C@H](N5CCOCC5)CC4)c3c21. The quantitative estimate of drug-likeness (QED) is 0.732. The molecule has 2 aliphatic carbocycles. The first kappa shape index (κ1) is 20.1. The number of aliphatic hydroxyl groups excluding tert-OH is 1. The van der Waals surface area contributed by atoms with Gasteiger partial charge in [-0.25, -0.2) is 9.97 Å². The lowest BCUT2D eigenvalue weighted by Gasteiger charge is -2.38. The highest BCUT2D eigenvalue weighted by Crippen LogP contribution is 2.47. The minimum Gasteiger partial charge on any atom is -0.474 e. The fourth-order valence-electron chi connectivity index (χ4n) is 5.32. The number of aromatic nitrogens is 2. The Bertz CT molecular complexity index is 928. The molecule has 5 rings (SSSR count). The topological polar surface area (TPSA) is 91.5 Å². The van der Waals surface area contributed by atoms with E-state index in [1.165, 1.54) is 10.4 Å². The van der Waals surface area contributed by atoms with E-state index in [4.69, 9.17) is 14.7 Å². The molecule has 0 aromatic carbocycles. The van der Waals surface area contributed by atoms with Gasteiger partial charge in [0, 0.05) is 24.0 Å². The van der Waals surface area contributed by atoms with Crippen molar-refractivity contribution in [3.8, 4) is 11.9 Å². The number of ether oxygens (including phenoxy) is 2. The van der Waals surface area contributed by atoms with E-state index in [-0.39, 0.29) is 12.0 Å². The Labute approximate surface area is 180 Å². The lowest BCUT2D eigenvalue weighted by atomic mass is 9.91. The van der Waals surface area contributed by atoms with Gasteiger partial charge >= 0.3 is 0 Å². The summed E-state index contributed by atoms with van der Waals surface area (Å²) in [5.41, 5.74) is 1.21. The molecular weight excluding hydrogens is 400 g/mol. The molecule has 3 aliphatic rings. The third-order valence-corrected chi connectivity index (χ3v) is 8.01. The van der Waals surface area contributed by atoms with Gasteiger partial charge in [0.05, 0.1) is 24.7 Å². The zero-order valence-corrected chi connectivity index (χ0v) is 17.9. The minimum atomic E-state index is -0.930. The summed E-state index contributed by atoms with van der Waals surface area (Å²) < 4.78 is 11.9. The van der Waals surface area contributed by atoms with Crippen molar-refractivity contribution in [3.63, 3.8) is 0 Å². The zero-order valence-electron chi connectivity index (χ0n) is 17.1. The first-order valence-corrected chi connectivity index (χ1v) is 11.9. The van der Waals surface area contributed by atoms with Crippen molar-refractivity contribution >= 4 is 21.6 Å². The number of hydrogen-bond acceptors (Lipinski definition) is 8. The van der Waals surface area contributed by atoms with Gasteiger partial charge in [-0.1, -0.05) is 0 Å². The molecule has 30 heavy (non-hydrogen) atoms. The second-order valence-electron chi connectivity index (χ2n) is 8.61. The Hall–Kier alpha value is -1.79. The van der Waals surface area contributed by atoms with Crippen LogP contribution in [-0.2, 0) is 11.2 Å². The summed E-state index contributed by atoms with van der Waals surface area (Å²) in [7, 11) is 0. The molecule has 0 amide bonds. The number of thiophene rings is 1. The molecule has 2 aromatic rings. The van der Waals surface area contributed by atoms with Crippen LogP contribution in [0.3, 0.4) is 0 Å². The molecule has 2 atom stereocenters. The molecule has 1 saturated carbocycles. The van der Waals surface area contributed by atoms with Crippen LogP contribution in [0.4, 0.5) is 0 Å². The van der Waals surface area contributed by atoms with Crippen molar-refractivity contribution < 1.29 is 14.6 Å². The van der Waals surface area contributed by atoms with Crippen molar-refractivity contribution in [2.75, 3.05) is 26.3 Å². The fraction of sp³-hybridized carbons (Fsp3) is 0.682. The van der Waals surface area contributed by atoms with Gasteiger partial charge in [-0.15, -0.1) is 11.3 Å². The van der Waals surface area contributed by atoms with Crippen molar-refractivity contribution in [1.82, 2.24) is 14.9 Å². The van der Waals surface area contributed by atoms with Crippen LogP contribution in [0.5, 0.6) is 5.88 Å². The van der Waals surface area contributed by atoms with E-state index in [9.17, 15) is 5.11 Å². The Morgan fingerprint density at radius 3 is 2.80 bits per heavy atom. The third kappa shape index (κ3) is 3.92. The van der Waals surface area contributed by atoms with Crippen LogP contribution in [0.25, 0.3) is 10.2 Å². The van der Waals surface area contributed by atoms with E-state index in [0.29, 0.717) is 18.3 Å². The highest BCUT2D eigenvalue weighted by Gasteiger charge is 2.33. The summed E-state index contributed by atoms with van der Waals surface area (Å²) >= 11 is 1.71. The monoisotopic (exact) mass is 428 g/mol. The number of fused-ring (bicyclic) bond motifs is 3.